The SMILES string of the molecule is CNC(=O)C(C)(C)S(=O)(=O)C1(CN2CCc3c(C(N)=O)nn(C)c3C2=O)CC1. The molecule has 1 fully saturated rings. The standard InChI is InChI=1S/C17H25N5O5S/c1-16(2,15(25)19-3)28(26,27)17(6-7-17)9-22-8-5-10-11(13(18)23)20-21(4)12(10)14(22)24/h5-9H2,1-4H3,(H2,18,23)(H,19,25). The van der Waals surface area contributed by atoms with Crippen LogP contribution in [0, 0.1) is 0 Å². The lowest BCUT2D eigenvalue weighted by molar-refractivity contribution is -0.122. The lowest BCUT2D eigenvalue weighted by Crippen LogP contribution is -2.55. The zero-order valence-electron chi connectivity index (χ0n) is 16.4. The molecular formula is C17H25N5O5S. The highest BCUT2D eigenvalue weighted by Crippen LogP contribution is 2.49. The minimum atomic E-state index is -3.86. The molecule has 28 heavy (non-hydrogen) atoms. The molecule has 0 atom stereocenters. The molecule has 2 heterocycles. The number of nitrogens with zero attached hydrogens (tertiary/aromatic N) is 3. The van der Waals surface area contributed by atoms with Gasteiger partial charge in [-0.3, -0.25) is 19.1 Å². The Morgan fingerprint density at radius 2 is 1.93 bits per heavy atom. The second-order valence-corrected chi connectivity index (χ2v) is 10.8. The normalized spacial score (nSPS) is 18.6. The van der Waals surface area contributed by atoms with Crippen LogP contribution in [0.1, 0.15) is 53.2 Å². The molecule has 3 rings (SSSR count). The van der Waals surface area contributed by atoms with E-state index in [1.165, 1.54) is 30.5 Å². The highest BCUT2D eigenvalue weighted by molar-refractivity contribution is 7.95. The fourth-order valence-corrected chi connectivity index (χ4v) is 6.28. The van der Waals surface area contributed by atoms with E-state index >= 15 is 0 Å². The topological polar surface area (TPSA) is 144 Å². The summed E-state index contributed by atoms with van der Waals surface area (Å²) in [7, 11) is -0.916. The summed E-state index contributed by atoms with van der Waals surface area (Å²) in [6.07, 6.45) is 1.15. The van der Waals surface area contributed by atoms with Crippen molar-refractivity contribution in [2.75, 3.05) is 20.1 Å². The number of sulfone groups is 1. The molecule has 3 amide bonds. The van der Waals surface area contributed by atoms with Gasteiger partial charge < -0.3 is 16.0 Å². The Hall–Kier alpha value is -2.43. The molecule has 0 saturated heterocycles. The monoisotopic (exact) mass is 411 g/mol. The number of aryl methyl sites for hydroxylation is 1. The molecule has 1 saturated carbocycles. The molecule has 0 bridgehead atoms. The molecular weight excluding hydrogens is 386 g/mol. The van der Waals surface area contributed by atoms with Gasteiger partial charge in [0.25, 0.3) is 11.8 Å². The zero-order chi connectivity index (χ0) is 21.1. The predicted octanol–water partition coefficient (Wildman–Crippen LogP) is -1.01. The van der Waals surface area contributed by atoms with Gasteiger partial charge in [-0.1, -0.05) is 0 Å². The summed E-state index contributed by atoms with van der Waals surface area (Å²) in [5, 5.41) is 6.44. The van der Waals surface area contributed by atoms with Gasteiger partial charge in [0.1, 0.15) is 10.4 Å². The van der Waals surface area contributed by atoms with E-state index in [0.29, 0.717) is 24.8 Å². The third-order valence-corrected chi connectivity index (χ3v) is 9.01. The highest BCUT2D eigenvalue weighted by Gasteiger charge is 2.62. The first-order chi connectivity index (χ1) is 12.9. The minimum absolute atomic E-state index is 0.00508. The second kappa shape index (κ2) is 6.29. The van der Waals surface area contributed by atoms with Gasteiger partial charge in [0, 0.05) is 32.7 Å². The van der Waals surface area contributed by atoms with Crippen LogP contribution >= 0.6 is 0 Å². The summed E-state index contributed by atoms with van der Waals surface area (Å²) in [5.41, 5.74) is 6.15. The maximum absolute atomic E-state index is 13.2. The summed E-state index contributed by atoms with van der Waals surface area (Å²) >= 11 is 0. The van der Waals surface area contributed by atoms with Crippen LogP contribution in [0.25, 0.3) is 0 Å². The van der Waals surface area contributed by atoms with E-state index in [4.69, 9.17) is 5.73 Å². The van der Waals surface area contributed by atoms with Gasteiger partial charge >= 0.3 is 0 Å². The molecule has 10 nitrogen and oxygen atoms in total. The number of nitrogens with two attached hydrogens (primary N) is 1. The second-order valence-electron chi connectivity index (χ2n) is 7.92. The van der Waals surface area contributed by atoms with E-state index in [-0.39, 0.29) is 30.4 Å². The largest absolute Gasteiger partial charge is 0.364 e. The summed E-state index contributed by atoms with van der Waals surface area (Å²) in [6, 6.07) is 0. The number of primary amides is 1. The third kappa shape index (κ3) is 2.71. The molecule has 0 aromatic carbocycles. The van der Waals surface area contributed by atoms with Crippen LogP contribution in [0.2, 0.25) is 0 Å². The first-order valence-electron chi connectivity index (χ1n) is 9.01. The fraction of sp³-hybridized carbons (Fsp3) is 0.647. The van der Waals surface area contributed by atoms with Crippen LogP contribution in [-0.2, 0) is 28.1 Å². The summed E-state index contributed by atoms with van der Waals surface area (Å²) in [4.78, 5) is 38.2. The predicted molar refractivity (Wildman–Crippen MR) is 100 cm³/mol. The average molecular weight is 411 g/mol. The van der Waals surface area contributed by atoms with Gasteiger partial charge in [-0.15, -0.1) is 0 Å². The van der Waals surface area contributed by atoms with E-state index < -0.39 is 31.1 Å². The van der Waals surface area contributed by atoms with Crippen LogP contribution < -0.4 is 11.1 Å². The van der Waals surface area contributed by atoms with Crippen molar-refractivity contribution in [1.82, 2.24) is 20.0 Å². The Morgan fingerprint density at radius 3 is 2.43 bits per heavy atom. The van der Waals surface area contributed by atoms with E-state index in [1.54, 1.807) is 7.05 Å². The molecule has 154 valence electrons. The zero-order valence-corrected chi connectivity index (χ0v) is 17.2. The van der Waals surface area contributed by atoms with Gasteiger partial charge in [0.05, 0.1) is 4.75 Å². The van der Waals surface area contributed by atoms with Crippen LogP contribution in [0.15, 0.2) is 0 Å². The molecule has 0 unspecified atom stereocenters. The first-order valence-corrected chi connectivity index (χ1v) is 10.5. The minimum Gasteiger partial charge on any atom is -0.364 e. The lowest BCUT2D eigenvalue weighted by atomic mass is 10.0. The number of fused-ring (bicyclic) bond motifs is 1. The molecule has 1 aliphatic heterocycles. The van der Waals surface area contributed by atoms with E-state index in [9.17, 15) is 22.8 Å². The van der Waals surface area contributed by atoms with Crippen LogP contribution in [0.3, 0.4) is 0 Å². The van der Waals surface area contributed by atoms with Gasteiger partial charge in [-0.05, 0) is 33.1 Å². The third-order valence-electron chi connectivity index (χ3n) is 5.80. The number of amides is 3. The molecule has 0 spiro atoms. The summed E-state index contributed by atoms with van der Waals surface area (Å²) in [5.74, 6) is -1.67. The van der Waals surface area contributed by atoms with Crippen LogP contribution in [0.5, 0.6) is 0 Å². The van der Waals surface area contributed by atoms with Crippen molar-refractivity contribution < 1.29 is 22.8 Å². The Labute approximate surface area is 163 Å². The van der Waals surface area contributed by atoms with Crippen molar-refractivity contribution >= 4 is 27.6 Å². The van der Waals surface area contributed by atoms with Gasteiger partial charge in [0.15, 0.2) is 15.5 Å². The molecule has 3 N–H and O–H groups in total. The molecule has 1 aromatic rings. The van der Waals surface area contributed by atoms with Crippen molar-refractivity contribution in [3.05, 3.63) is 17.0 Å². The maximum Gasteiger partial charge on any atom is 0.272 e. The van der Waals surface area contributed by atoms with Gasteiger partial charge in [-0.2, -0.15) is 5.10 Å². The van der Waals surface area contributed by atoms with Crippen molar-refractivity contribution in [2.24, 2.45) is 12.8 Å². The van der Waals surface area contributed by atoms with Crippen molar-refractivity contribution in [3.8, 4) is 0 Å². The van der Waals surface area contributed by atoms with E-state index in [1.807, 2.05) is 0 Å². The number of carbonyl (C=O) groups excluding carboxylic acids is 3. The Balaban J connectivity index is 1.90. The summed E-state index contributed by atoms with van der Waals surface area (Å²) < 4.78 is 25.1. The van der Waals surface area contributed by atoms with Crippen molar-refractivity contribution in [1.29, 1.82) is 0 Å². The quantitative estimate of drug-likeness (QED) is 0.614. The van der Waals surface area contributed by atoms with E-state index in [2.05, 4.69) is 10.4 Å². The van der Waals surface area contributed by atoms with Crippen molar-refractivity contribution in [2.45, 2.75) is 42.6 Å². The van der Waals surface area contributed by atoms with Crippen molar-refractivity contribution in [3.63, 3.8) is 0 Å². The van der Waals surface area contributed by atoms with Crippen LogP contribution in [-0.4, -0.2) is 70.5 Å². The smallest absolute Gasteiger partial charge is 0.272 e. The lowest BCUT2D eigenvalue weighted by Gasteiger charge is -2.34. The summed E-state index contributed by atoms with van der Waals surface area (Å²) in [6.45, 7) is 3.04. The fourth-order valence-electron chi connectivity index (χ4n) is 3.88. The molecule has 1 aromatic heterocycles. The number of rotatable bonds is 6. The number of carbonyl (C=O) groups is 3. The first kappa shape index (κ1) is 20.3. The van der Waals surface area contributed by atoms with E-state index in [0.717, 1.165) is 0 Å². The van der Waals surface area contributed by atoms with Gasteiger partial charge in [0.2, 0.25) is 5.91 Å². The molecule has 11 heteroatoms. The Kier molecular flexibility index (Phi) is 4.56. The number of hydrogen-bond acceptors (Lipinski definition) is 6. The van der Waals surface area contributed by atoms with Crippen LogP contribution in [0.4, 0.5) is 0 Å². The number of hydrogen-bond donors (Lipinski definition) is 2. The van der Waals surface area contributed by atoms with Gasteiger partial charge in [-0.25, -0.2) is 8.42 Å². The maximum atomic E-state index is 13.2. The Bertz CT molecular complexity index is 974. The number of aromatic nitrogens is 2. The molecule has 1 aliphatic carbocycles. The Morgan fingerprint density at radius 1 is 1.32 bits per heavy atom. The average Bonchev–Trinajstić information content (AvgIpc) is 3.33. The highest BCUT2D eigenvalue weighted by atomic mass is 32.2. The molecule has 2 aliphatic rings. The number of nitrogens with one attached hydrogen (secondary N) is 1. The molecule has 0 radical (unpaired) electrons.